The normalized spacial score (nSPS) is 35.8. The van der Waals surface area contributed by atoms with Crippen molar-refractivity contribution >= 4 is 26.3 Å². The molecule has 0 aromatic heterocycles. The maximum absolute atomic E-state index is 13.6. The zero-order valence-corrected chi connectivity index (χ0v) is 15.1. The molecule has 0 bridgehead atoms. The van der Waals surface area contributed by atoms with Gasteiger partial charge in [0, 0.05) is 0 Å². The van der Waals surface area contributed by atoms with Crippen LogP contribution in [0.25, 0.3) is 0 Å². The standard InChI is InChI=1S/C12H15F6IN2O4/c1-7(2,12-19(20-12)21-12)6(22)25-8(10(13,14)15)3-4-24-9(23,5-8)11(16,17)18/h20-21,23H,3-5H2,1-2H3. The van der Waals surface area contributed by atoms with Crippen LogP contribution >= 0.6 is 20.4 Å². The van der Waals surface area contributed by atoms with E-state index >= 15 is 0 Å². The molecule has 3 aliphatic heterocycles. The fourth-order valence-electron chi connectivity index (χ4n) is 2.62. The SMILES string of the molecule is CC(C)(C(=O)OC1(C(F)(F)F)CCOC(O)(C(F)(F)F)C1)C12NI1N2. The topological polar surface area (TPSA) is 99.6 Å². The Kier molecular flexibility index (Phi) is 3.96. The van der Waals surface area contributed by atoms with E-state index in [9.17, 15) is 36.2 Å². The van der Waals surface area contributed by atoms with Crippen LogP contribution in [0, 0.1) is 5.41 Å². The first kappa shape index (κ1) is 19.4. The fraction of sp³-hybridized carbons (Fsp3) is 0.917. The van der Waals surface area contributed by atoms with Gasteiger partial charge in [-0.1, -0.05) is 0 Å². The van der Waals surface area contributed by atoms with Crippen LogP contribution in [-0.4, -0.2) is 45.1 Å². The van der Waals surface area contributed by atoms with Gasteiger partial charge in [0.25, 0.3) is 0 Å². The first-order chi connectivity index (χ1) is 11.1. The monoisotopic (exact) mass is 492 g/mol. The minimum absolute atomic E-state index is 0.744. The molecule has 0 radical (unpaired) electrons. The third-order valence-electron chi connectivity index (χ3n) is 4.65. The Labute approximate surface area is 145 Å². The molecule has 25 heavy (non-hydrogen) atoms. The Hall–Kier alpha value is -0.380. The van der Waals surface area contributed by atoms with Gasteiger partial charge in [-0.3, -0.25) is 0 Å². The van der Waals surface area contributed by atoms with Gasteiger partial charge in [0.05, 0.1) is 0 Å². The zero-order valence-electron chi connectivity index (χ0n) is 12.9. The summed E-state index contributed by atoms with van der Waals surface area (Å²) >= 11 is -1.72. The van der Waals surface area contributed by atoms with Crippen LogP contribution < -0.4 is 7.06 Å². The van der Waals surface area contributed by atoms with E-state index in [-0.39, 0.29) is 0 Å². The van der Waals surface area contributed by atoms with Crippen molar-refractivity contribution in [1.82, 2.24) is 7.06 Å². The van der Waals surface area contributed by atoms with Gasteiger partial charge in [-0.25, -0.2) is 0 Å². The average molecular weight is 492 g/mol. The number of halogens is 7. The predicted molar refractivity (Wildman–Crippen MR) is 77.9 cm³/mol. The number of rotatable bonds is 3. The van der Waals surface area contributed by atoms with Gasteiger partial charge < -0.3 is 0 Å². The van der Waals surface area contributed by atoms with Gasteiger partial charge in [-0.15, -0.1) is 0 Å². The van der Waals surface area contributed by atoms with Crippen LogP contribution in [0.15, 0.2) is 0 Å². The van der Waals surface area contributed by atoms with Crippen molar-refractivity contribution in [3.8, 4) is 0 Å². The number of carbonyl (C=O) groups excluding carboxylic acids is 1. The number of carbonyl (C=O) groups is 1. The number of hydrogen-bond donors (Lipinski definition) is 3. The van der Waals surface area contributed by atoms with E-state index in [1.54, 1.807) is 0 Å². The summed E-state index contributed by atoms with van der Waals surface area (Å²) in [5.41, 5.74) is -4.87. The number of ether oxygens (including phenoxy) is 2. The zero-order chi connectivity index (χ0) is 19.1. The average Bonchev–Trinajstić information content (AvgIpc) is 3.24. The van der Waals surface area contributed by atoms with Gasteiger partial charge in [0.1, 0.15) is 0 Å². The summed E-state index contributed by atoms with van der Waals surface area (Å²) in [5.74, 6) is -5.33. The Balaban J connectivity index is 1.88. The van der Waals surface area contributed by atoms with Gasteiger partial charge in [0.15, 0.2) is 0 Å². The molecule has 13 heteroatoms. The van der Waals surface area contributed by atoms with Gasteiger partial charge >= 0.3 is 145 Å². The van der Waals surface area contributed by atoms with Crippen LogP contribution in [-0.2, 0) is 14.3 Å². The number of aliphatic hydroxyl groups is 1. The number of hydrogen-bond acceptors (Lipinski definition) is 6. The van der Waals surface area contributed by atoms with Gasteiger partial charge in [-0.05, 0) is 0 Å². The van der Waals surface area contributed by atoms with E-state index in [2.05, 4.69) is 16.5 Å². The van der Waals surface area contributed by atoms with Crippen molar-refractivity contribution in [2.75, 3.05) is 6.61 Å². The molecule has 3 rings (SSSR count). The molecule has 3 heterocycles. The maximum atomic E-state index is 13.6. The molecular weight excluding hydrogens is 477 g/mol. The predicted octanol–water partition coefficient (Wildman–Crippen LogP) is 2.11. The van der Waals surface area contributed by atoms with Gasteiger partial charge in [-0.2, -0.15) is 0 Å². The summed E-state index contributed by atoms with van der Waals surface area (Å²) < 4.78 is 93.5. The van der Waals surface area contributed by atoms with Crippen molar-refractivity contribution in [3.63, 3.8) is 0 Å². The first-order valence-electron chi connectivity index (χ1n) is 7.09. The quantitative estimate of drug-likeness (QED) is 0.106. The van der Waals surface area contributed by atoms with Crippen molar-refractivity contribution in [3.05, 3.63) is 0 Å². The van der Waals surface area contributed by atoms with Crippen molar-refractivity contribution in [1.29, 1.82) is 0 Å². The molecule has 2 unspecified atom stereocenters. The molecule has 0 spiro atoms. The molecule has 3 saturated heterocycles. The Morgan fingerprint density at radius 2 is 1.68 bits per heavy atom. The molecule has 0 aromatic rings. The van der Waals surface area contributed by atoms with Crippen LogP contribution in [0.5, 0.6) is 0 Å². The molecule has 3 N–H and O–H groups in total. The van der Waals surface area contributed by atoms with Crippen LogP contribution in [0.4, 0.5) is 26.3 Å². The number of fused-ring (bicyclic) bond motifs is 1. The van der Waals surface area contributed by atoms with E-state index in [1.165, 1.54) is 13.8 Å². The second-order valence-electron chi connectivity index (χ2n) is 6.69. The Morgan fingerprint density at radius 3 is 2.08 bits per heavy atom. The van der Waals surface area contributed by atoms with Crippen molar-refractivity contribution < 1.29 is 45.7 Å². The third kappa shape index (κ3) is 2.73. The van der Waals surface area contributed by atoms with Crippen molar-refractivity contribution in [2.24, 2.45) is 5.41 Å². The Bertz CT molecular complexity index is 605. The first-order valence-corrected chi connectivity index (χ1v) is 10.3. The molecule has 2 atom stereocenters. The molecule has 3 aliphatic rings. The molecular formula is C12H15F6IN2O4. The summed E-state index contributed by atoms with van der Waals surface area (Å²) in [5, 5.41) is 9.55. The molecule has 0 aromatic carbocycles. The minimum atomic E-state index is -5.47. The van der Waals surface area contributed by atoms with E-state index in [0.717, 1.165) is 0 Å². The second kappa shape index (κ2) is 5.11. The Morgan fingerprint density at radius 1 is 1.16 bits per heavy atom. The fourth-order valence-corrected chi connectivity index (χ4v) is 8.19. The molecule has 6 nitrogen and oxygen atoms in total. The van der Waals surface area contributed by atoms with E-state index in [1.807, 2.05) is 0 Å². The number of alkyl halides is 7. The molecule has 0 amide bonds. The van der Waals surface area contributed by atoms with E-state index in [0.29, 0.717) is 0 Å². The molecule has 0 saturated carbocycles. The third-order valence-corrected chi connectivity index (χ3v) is 9.78. The molecule has 146 valence electrons. The second-order valence-corrected chi connectivity index (χ2v) is 11.0. The number of nitrogens with one attached hydrogen (secondary N) is 2. The van der Waals surface area contributed by atoms with Gasteiger partial charge in [0.2, 0.25) is 0 Å². The van der Waals surface area contributed by atoms with E-state index in [4.69, 9.17) is 0 Å². The summed E-state index contributed by atoms with van der Waals surface area (Å²) in [4.78, 5) is 12.4. The molecule has 0 aliphatic carbocycles. The summed E-state index contributed by atoms with van der Waals surface area (Å²) in [6, 6.07) is 0. The van der Waals surface area contributed by atoms with Crippen LogP contribution in [0.3, 0.4) is 0 Å². The van der Waals surface area contributed by atoms with Crippen molar-refractivity contribution in [2.45, 2.75) is 54.1 Å². The summed E-state index contributed by atoms with van der Waals surface area (Å²) in [7, 11) is 0. The molecule has 3 fully saturated rings. The summed E-state index contributed by atoms with van der Waals surface area (Å²) in [6.45, 7) is 1.65. The number of esters is 1. The van der Waals surface area contributed by atoms with Crippen LogP contribution in [0.2, 0.25) is 0 Å². The summed E-state index contributed by atoms with van der Waals surface area (Å²) in [6.07, 6.45) is -13.8. The van der Waals surface area contributed by atoms with Crippen LogP contribution in [0.1, 0.15) is 26.7 Å². The van der Waals surface area contributed by atoms with E-state index < -0.39 is 78.6 Å².